The highest BCUT2D eigenvalue weighted by Gasteiger charge is 2.35. The molecule has 0 saturated heterocycles. The Labute approximate surface area is 91.9 Å². The molecule has 0 aromatic heterocycles. The topological polar surface area (TPSA) is 20.2 Å². The number of rotatable bonds is 1. The quantitative estimate of drug-likeness (QED) is 0.785. The summed E-state index contributed by atoms with van der Waals surface area (Å²) in [5.74, 6) is 0. The molecule has 0 fully saturated rings. The molecule has 1 atom stereocenters. The van der Waals surface area contributed by atoms with Crippen molar-refractivity contribution in [2.45, 2.75) is 38.5 Å². The van der Waals surface area contributed by atoms with E-state index in [1.54, 1.807) is 6.92 Å². The molecule has 0 aliphatic heterocycles. The van der Waals surface area contributed by atoms with Gasteiger partial charge in [-0.15, -0.1) is 0 Å². The van der Waals surface area contributed by atoms with Gasteiger partial charge in [-0.2, -0.15) is 13.2 Å². The Hall–Kier alpha value is -1.03. The number of aliphatic hydroxyl groups is 1. The van der Waals surface area contributed by atoms with Crippen molar-refractivity contribution in [2.24, 2.45) is 0 Å². The molecule has 1 aromatic carbocycles. The van der Waals surface area contributed by atoms with Crippen molar-refractivity contribution in [1.29, 1.82) is 0 Å². The standard InChI is InChI=1S/C12H13F3O/c1-2-7-8-4-6-11(16)9(8)3-5-10(7)12(13,14)15/h3,5,11,16H,2,4,6H2,1H3/t11-/m0/s1. The molecule has 1 aliphatic carbocycles. The van der Waals surface area contributed by atoms with Crippen molar-refractivity contribution in [3.05, 3.63) is 34.4 Å². The predicted molar refractivity (Wildman–Crippen MR) is 54.1 cm³/mol. The van der Waals surface area contributed by atoms with Crippen LogP contribution in [-0.2, 0) is 19.0 Å². The molecule has 0 amide bonds. The van der Waals surface area contributed by atoms with Gasteiger partial charge in [-0.05, 0) is 42.0 Å². The van der Waals surface area contributed by atoms with Crippen LogP contribution in [0.3, 0.4) is 0 Å². The highest BCUT2D eigenvalue weighted by atomic mass is 19.4. The molecular weight excluding hydrogens is 217 g/mol. The van der Waals surface area contributed by atoms with Gasteiger partial charge in [0, 0.05) is 0 Å². The predicted octanol–water partition coefficient (Wildman–Crippen LogP) is 3.25. The zero-order chi connectivity index (χ0) is 11.9. The maximum absolute atomic E-state index is 12.7. The van der Waals surface area contributed by atoms with Crippen LogP contribution in [0.15, 0.2) is 12.1 Å². The van der Waals surface area contributed by atoms with Crippen LogP contribution in [-0.4, -0.2) is 5.11 Å². The largest absolute Gasteiger partial charge is 0.416 e. The second-order valence-corrected chi connectivity index (χ2v) is 4.07. The van der Waals surface area contributed by atoms with E-state index < -0.39 is 17.8 Å². The van der Waals surface area contributed by atoms with Crippen molar-refractivity contribution in [3.63, 3.8) is 0 Å². The first-order valence-electron chi connectivity index (χ1n) is 5.35. The average Bonchev–Trinajstić information content (AvgIpc) is 2.58. The van der Waals surface area contributed by atoms with Crippen LogP contribution in [0.25, 0.3) is 0 Å². The molecule has 1 nitrogen and oxygen atoms in total. The van der Waals surface area contributed by atoms with Gasteiger partial charge < -0.3 is 5.11 Å². The average molecular weight is 230 g/mol. The molecule has 2 rings (SSSR count). The lowest BCUT2D eigenvalue weighted by Crippen LogP contribution is -2.11. The number of aliphatic hydroxyl groups excluding tert-OH is 1. The number of fused-ring (bicyclic) bond motifs is 1. The van der Waals surface area contributed by atoms with Gasteiger partial charge in [-0.1, -0.05) is 13.0 Å². The molecule has 0 bridgehead atoms. The first-order valence-corrected chi connectivity index (χ1v) is 5.35. The molecule has 4 heteroatoms. The number of hydrogen-bond acceptors (Lipinski definition) is 1. The Morgan fingerprint density at radius 1 is 1.38 bits per heavy atom. The van der Waals surface area contributed by atoms with E-state index in [-0.39, 0.29) is 0 Å². The van der Waals surface area contributed by atoms with Gasteiger partial charge in [0.15, 0.2) is 0 Å². The summed E-state index contributed by atoms with van der Waals surface area (Å²) < 4.78 is 38.2. The minimum Gasteiger partial charge on any atom is -0.388 e. The number of benzene rings is 1. The summed E-state index contributed by atoms with van der Waals surface area (Å²) in [5.41, 5.74) is 1.17. The van der Waals surface area contributed by atoms with E-state index in [1.165, 1.54) is 6.07 Å². The molecule has 0 spiro atoms. The monoisotopic (exact) mass is 230 g/mol. The third-order valence-electron chi connectivity index (χ3n) is 3.15. The molecule has 1 aliphatic rings. The van der Waals surface area contributed by atoms with Crippen LogP contribution in [0, 0.1) is 0 Å². The first-order chi connectivity index (χ1) is 7.45. The van der Waals surface area contributed by atoms with Crippen LogP contribution >= 0.6 is 0 Å². The second kappa shape index (κ2) is 3.77. The summed E-state index contributed by atoms with van der Waals surface area (Å²) in [6.07, 6.45) is -3.46. The third-order valence-corrected chi connectivity index (χ3v) is 3.15. The highest BCUT2D eigenvalue weighted by molar-refractivity contribution is 5.46. The SMILES string of the molecule is CCc1c(C(F)(F)F)ccc2c1CC[C@@H]2O. The Bertz CT molecular complexity index is 409. The Morgan fingerprint density at radius 3 is 2.62 bits per heavy atom. The van der Waals surface area contributed by atoms with Crippen molar-refractivity contribution in [1.82, 2.24) is 0 Å². The van der Waals surface area contributed by atoms with Gasteiger partial charge >= 0.3 is 6.18 Å². The van der Waals surface area contributed by atoms with Crippen LogP contribution in [0.4, 0.5) is 13.2 Å². The molecule has 88 valence electrons. The fourth-order valence-corrected chi connectivity index (χ4v) is 2.42. The molecule has 1 aromatic rings. The van der Waals surface area contributed by atoms with E-state index in [1.807, 2.05) is 0 Å². The van der Waals surface area contributed by atoms with E-state index in [2.05, 4.69) is 0 Å². The zero-order valence-corrected chi connectivity index (χ0v) is 8.93. The minimum absolute atomic E-state index is 0.349. The molecule has 0 radical (unpaired) electrons. The smallest absolute Gasteiger partial charge is 0.388 e. The van der Waals surface area contributed by atoms with E-state index in [0.717, 1.165) is 6.07 Å². The Morgan fingerprint density at radius 2 is 2.06 bits per heavy atom. The van der Waals surface area contributed by atoms with Gasteiger partial charge in [-0.3, -0.25) is 0 Å². The van der Waals surface area contributed by atoms with E-state index in [4.69, 9.17) is 0 Å². The van der Waals surface area contributed by atoms with Gasteiger partial charge in [0.25, 0.3) is 0 Å². The van der Waals surface area contributed by atoms with Crippen molar-refractivity contribution in [3.8, 4) is 0 Å². The summed E-state index contributed by atoms with van der Waals surface area (Å²) in [6.45, 7) is 1.72. The lowest BCUT2D eigenvalue weighted by molar-refractivity contribution is -0.138. The van der Waals surface area contributed by atoms with Gasteiger partial charge in [0.05, 0.1) is 11.7 Å². The molecule has 1 N–H and O–H groups in total. The van der Waals surface area contributed by atoms with E-state index >= 15 is 0 Å². The van der Waals surface area contributed by atoms with Gasteiger partial charge in [0.1, 0.15) is 0 Å². The Kier molecular flexibility index (Phi) is 2.70. The highest BCUT2D eigenvalue weighted by Crippen LogP contribution is 2.40. The zero-order valence-electron chi connectivity index (χ0n) is 8.93. The summed E-state index contributed by atoms with van der Waals surface area (Å²) in [6, 6.07) is 2.50. The maximum atomic E-state index is 12.7. The Balaban J connectivity index is 2.59. The van der Waals surface area contributed by atoms with E-state index in [9.17, 15) is 18.3 Å². The summed E-state index contributed by atoms with van der Waals surface area (Å²) in [4.78, 5) is 0. The molecule has 0 heterocycles. The van der Waals surface area contributed by atoms with Crippen LogP contribution in [0.1, 0.15) is 41.7 Å². The normalized spacial score (nSPS) is 19.9. The maximum Gasteiger partial charge on any atom is 0.416 e. The fraction of sp³-hybridized carbons (Fsp3) is 0.500. The lowest BCUT2D eigenvalue weighted by atomic mass is 9.95. The number of hydrogen-bond donors (Lipinski definition) is 1. The summed E-state index contributed by atoms with van der Waals surface area (Å²) in [5, 5.41) is 9.61. The van der Waals surface area contributed by atoms with Crippen molar-refractivity contribution in [2.75, 3.05) is 0 Å². The third kappa shape index (κ3) is 1.71. The van der Waals surface area contributed by atoms with Crippen LogP contribution < -0.4 is 0 Å². The number of alkyl halides is 3. The van der Waals surface area contributed by atoms with Crippen LogP contribution in [0.5, 0.6) is 0 Å². The molecule has 0 unspecified atom stereocenters. The summed E-state index contributed by atoms with van der Waals surface area (Å²) in [7, 11) is 0. The summed E-state index contributed by atoms with van der Waals surface area (Å²) >= 11 is 0. The van der Waals surface area contributed by atoms with Crippen LogP contribution in [0.2, 0.25) is 0 Å². The van der Waals surface area contributed by atoms with Gasteiger partial charge in [-0.25, -0.2) is 0 Å². The first kappa shape index (κ1) is 11.5. The van der Waals surface area contributed by atoms with Gasteiger partial charge in [0.2, 0.25) is 0 Å². The second-order valence-electron chi connectivity index (χ2n) is 4.07. The molecule has 0 saturated carbocycles. The fourth-order valence-electron chi connectivity index (χ4n) is 2.42. The molecular formula is C12H13F3O. The number of halogens is 3. The molecule has 16 heavy (non-hydrogen) atoms. The lowest BCUT2D eigenvalue weighted by Gasteiger charge is -2.16. The minimum atomic E-state index is -4.30. The van der Waals surface area contributed by atoms with E-state index in [0.29, 0.717) is 36.0 Å². The van der Waals surface area contributed by atoms with Crippen molar-refractivity contribution < 1.29 is 18.3 Å². The van der Waals surface area contributed by atoms with Crippen molar-refractivity contribution >= 4 is 0 Å².